The fourth-order valence-corrected chi connectivity index (χ4v) is 3.61. The van der Waals surface area contributed by atoms with E-state index in [2.05, 4.69) is 42.4 Å². The van der Waals surface area contributed by atoms with Crippen LogP contribution in [0.3, 0.4) is 0 Å². The molecule has 4 N–H and O–H groups in total. The van der Waals surface area contributed by atoms with Crippen LogP contribution in [-0.4, -0.2) is 11.9 Å². The molecule has 0 bridgehead atoms. The van der Waals surface area contributed by atoms with Crippen molar-refractivity contribution in [3.05, 3.63) is 58.5 Å². The van der Waals surface area contributed by atoms with E-state index in [1.807, 2.05) is 12.1 Å². The van der Waals surface area contributed by atoms with Crippen molar-refractivity contribution < 1.29 is 4.79 Å². The maximum atomic E-state index is 12.0. The maximum Gasteiger partial charge on any atom is 0.280 e. The van der Waals surface area contributed by atoms with Gasteiger partial charge in [0.25, 0.3) is 5.91 Å². The first-order valence-corrected chi connectivity index (χ1v) is 8.06. The van der Waals surface area contributed by atoms with E-state index >= 15 is 0 Å². The summed E-state index contributed by atoms with van der Waals surface area (Å²) in [7, 11) is 0. The molecule has 3 rings (SSSR count). The molecule has 23 heavy (non-hydrogen) atoms. The summed E-state index contributed by atoms with van der Waals surface area (Å²) in [5.74, 6) is -0.653. The average molecular weight is 323 g/mol. The second kappa shape index (κ2) is 5.85. The number of carbonyl (C=O) groups is 1. The molecule has 0 spiro atoms. The van der Waals surface area contributed by atoms with E-state index < -0.39 is 5.91 Å². The first-order valence-electron chi connectivity index (χ1n) is 7.18. The molecule has 0 aliphatic rings. The third-order valence-electron chi connectivity index (χ3n) is 3.72. The van der Waals surface area contributed by atoms with Gasteiger partial charge in [-0.05, 0) is 48.6 Å². The van der Waals surface area contributed by atoms with Crippen molar-refractivity contribution in [3.8, 4) is 11.1 Å². The smallest absolute Gasteiger partial charge is 0.280 e. The van der Waals surface area contributed by atoms with E-state index in [0.29, 0.717) is 5.56 Å². The third kappa shape index (κ3) is 2.96. The van der Waals surface area contributed by atoms with Gasteiger partial charge in [0.2, 0.25) is 0 Å². The summed E-state index contributed by atoms with van der Waals surface area (Å²) < 4.78 is 1.13. The minimum Gasteiger partial charge on any atom is -0.370 e. The molecule has 5 heteroatoms. The van der Waals surface area contributed by atoms with Gasteiger partial charge in [-0.2, -0.15) is 4.99 Å². The average Bonchev–Trinajstić information content (AvgIpc) is 2.89. The molecular formula is C18H17N3OS. The fourth-order valence-electron chi connectivity index (χ4n) is 2.67. The van der Waals surface area contributed by atoms with Crippen molar-refractivity contribution >= 4 is 33.3 Å². The van der Waals surface area contributed by atoms with Gasteiger partial charge in [0.1, 0.15) is 0 Å². The van der Waals surface area contributed by atoms with Gasteiger partial charge in [-0.3, -0.25) is 4.79 Å². The zero-order valence-corrected chi connectivity index (χ0v) is 13.8. The van der Waals surface area contributed by atoms with Crippen molar-refractivity contribution in [1.82, 2.24) is 0 Å². The minimum atomic E-state index is -0.426. The molecular weight excluding hydrogens is 306 g/mol. The summed E-state index contributed by atoms with van der Waals surface area (Å²) >= 11 is 1.66. The molecule has 1 heterocycles. The number of hydrogen-bond acceptors (Lipinski definition) is 2. The number of nitrogens with zero attached hydrogens (tertiary/aromatic N) is 1. The Bertz CT molecular complexity index is 937. The zero-order chi connectivity index (χ0) is 16.6. The Kier molecular flexibility index (Phi) is 3.88. The Morgan fingerprint density at radius 2 is 1.83 bits per heavy atom. The minimum absolute atomic E-state index is 0.227. The third-order valence-corrected chi connectivity index (χ3v) is 4.69. The Balaban J connectivity index is 2.15. The predicted molar refractivity (Wildman–Crippen MR) is 96.9 cm³/mol. The topological polar surface area (TPSA) is 81.5 Å². The lowest BCUT2D eigenvalue weighted by Crippen LogP contribution is -2.24. The van der Waals surface area contributed by atoms with Crippen molar-refractivity contribution in [2.75, 3.05) is 0 Å². The number of aryl methyl sites for hydroxylation is 2. The van der Waals surface area contributed by atoms with Crippen LogP contribution < -0.4 is 11.5 Å². The number of thiophene rings is 1. The van der Waals surface area contributed by atoms with Crippen LogP contribution in [0.2, 0.25) is 0 Å². The lowest BCUT2D eigenvalue weighted by Gasteiger charge is -2.06. The SMILES string of the molecule is Cc1ccc(-c2csc3ccc(C(=O)N=C(N)N)cc23)c(C)c1. The van der Waals surface area contributed by atoms with Crippen LogP contribution in [0.15, 0.2) is 46.8 Å². The number of nitrogens with two attached hydrogens (primary N) is 2. The monoisotopic (exact) mass is 323 g/mol. The summed E-state index contributed by atoms with van der Waals surface area (Å²) in [5.41, 5.74) is 15.8. The van der Waals surface area contributed by atoms with Crippen LogP contribution in [0.5, 0.6) is 0 Å². The van der Waals surface area contributed by atoms with Gasteiger partial charge >= 0.3 is 0 Å². The van der Waals surface area contributed by atoms with Gasteiger partial charge < -0.3 is 11.5 Å². The quantitative estimate of drug-likeness (QED) is 0.558. The molecule has 0 aliphatic heterocycles. The molecule has 4 nitrogen and oxygen atoms in total. The summed E-state index contributed by atoms with van der Waals surface area (Å²) in [6.07, 6.45) is 0. The summed E-state index contributed by atoms with van der Waals surface area (Å²) in [6, 6.07) is 11.9. The number of rotatable bonds is 2. The Labute approximate surface area is 138 Å². The Morgan fingerprint density at radius 1 is 1.04 bits per heavy atom. The van der Waals surface area contributed by atoms with Gasteiger partial charge in [-0.1, -0.05) is 23.8 Å². The van der Waals surface area contributed by atoms with Gasteiger partial charge in [-0.25, -0.2) is 0 Å². The number of hydrogen-bond donors (Lipinski definition) is 2. The highest BCUT2D eigenvalue weighted by Crippen LogP contribution is 2.36. The second-order valence-electron chi connectivity index (χ2n) is 5.52. The number of aliphatic imine (C=N–C) groups is 1. The first-order chi connectivity index (χ1) is 11.0. The largest absolute Gasteiger partial charge is 0.370 e. The first kappa shape index (κ1) is 15.2. The van der Waals surface area contributed by atoms with Gasteiger partial charge in [0, 0.05) is 21.2 Å². The van der Waals surface area contributed by atoms with Crippen LogP contribution in [0, 0.1) is 13.8 Å². The zero-order valence-electron chi connectivity index (χ0n) is 13.0. The Hall–Kier alpha value is -2.66. The van der Waals surface area contributed by atoms with Crippen LogP contribution in [0.25, 0.3) is 21.2 Å². The van der Waals surface area contributed by atoms with E-state index in [1.54, 1.807) is 17.4 Å². The van der Waals surface area contributed by atoms with Crippen LogP contribution in [0.4, 0.5) is 0 Å². The molecule has 0 fully saturated rings. The van der Waals surface area contributed by atoms with E-state index in [1.165, 1.54) is 16.7 Å². The summed E-state index contributed by atoms with van der Waals surface area (Å²) in [6.45, 7) is 4.18. The summed E-state index contributed by atoms with van der Waals surface area (Å²) in [5, 5.41) is 3.16. The van der Waals surface area contributed by atoms with Crippen LogP contribution in [-0.2, 0) is 0 Å². The van der Waals surface area contributed by atoms with Crippen LogP contribution >= 0.6 is 11.3 Å². The standard InChI is InChI=1S/C18H17N3OS/c1-10-3-5-13(11(2)7-10)15-9-23-16-6-4-12(8-14(15)16)17(22)21-18(19)20/h3-9H,1-2H3,(H4,19,20,21,22). The number of guanidine groups is 1. The molecule has 1 amide bonds. The van der Waals surface area contributed by atoms with Gasteiger partial charge in [-0.15, -0.1) is 11.3 Å². The van der Waals surface area contributed by atoms with Crippen LogP contribution in [0.1, 0.15) is 21.5 Å². The predicted octanol–water partition coefficient (Wildman–Crippen LogP) is 3.60. The molecule has 0 saturated carbocycles. The van der Waals surface area contributed by atoms with Gasteiger partial charge in [0.15, 0.2) is 5.96 Å². The molecule has 1 aromatic heterocycles. The van der Waals surface area contributed by atoms with E-state index in [9.17, 15) is 4.79 Å². The van der Waals surface area contributed by atoms with E-state index in [-0.39, 0.29) is 5.96 Å². The molecule has 0 aliphatic carbocycles. The van der Waals surface area contributed by atoms with Crippen molar-refractivity contribution in [2.45, 2.75) is 13.8 Å². The second-order valence-corrected chi connectivity index (χ2v) is 6.43. The van der Waals surface area contributed by atoms with Crippen molar-refractivity contribution in [1.29, 1.82) is 0 Å². The van der Waals surface area contributed by atoms with Crippen molar-refractivity contribution in [2.24, 2.45) is 16.5 Å². The molecule has 116 valence electrons. The van der Waals surface area contributed by atoms with Crippen molar-refractivity contribution in [3.63, 3.8) is 0 Å². The lowest BCUT2D eigenvalue weighted by molar-refractivity contribution is 0.100. The fraction of sp³-hybridized carbons (Fsp3) is 0.111. The van der Waals surface area contributed by atoms with Gasteiger partial charge in [0.05, 0.1) is 0 Å². The highest BCUT2D eigenvalue weighted by Gasteiger charge is 2.12. The molecule has 0 unspecified atom stereocenters. The lowest BCUT2D eigenvalue weighted by atomic mass is 9.97. The van der Waals surface area contributed by atoms with E-state index in [4.69, 9.17) is 11.5 Å². The normalized spacial score (nSPS) is 10.7. The molecule has 3 aromatic rings. The summed E-state index contributed by atoms with van der Waals surface area (Å²) in [4.78, 5) is 15.6. The molecule has 0 radical (unpaired) electrons. The molecule has 0 atom stereocenters. The molecule has 0 saturated heterocycles. The number of benzene rings is 2. The number of amides is 1. The number of carbonyl (C=O) groups excluding carboxylic acids is 1. The highest BCUT2D eigenvalue weighted by atomic mass is 32.1. The molecule has 2 aromatic carbocycles. The highest BCUT2D eigenvalue weighted by molar-refractivity contribution is 7.17. The number of fused-ring (bicyclic) bond motifs is 1. The Morgan fingerprint density at radius 3 is 2.52 bits per heavy atom. The van der Waals surface area contributed by atoms with E-state index in [0.717, 1.165) is 15.6 Å². The maximum absolute atomic E-state index is 12.0.